The number of likely N-dealkylation sites (tertiary alicyclic amines) is 1. The van der Waals surface area contributed by atoms with E-state index in [2.05, 4.69) is 5.32 Å². The third-order valence-electron chi connectivity index (χ3n) is 5.89. The third kappa shape index (κ3) is 4.60. The summed E-state index contributed by atoms with van der Waals surface area (Å²) in [4.78, 5) is 40.2. The fraction of sp³-hybridized carbons (Fsp3) is 0.348. The van der Waals surface area contributed by atoms with Crippen LogP contribution in [0.1, 0.15) is 36.0 Å². The van der Waals surface area contributed by atoms with Gasteiger partial charge in [-0.05, 0) is 49.6 Å². The SMILES string of the molecule is O=C(Nc1ccc(N2CCCC2=O)c(Cl)c1)C1CCN(C(=O)c2ccc(F)cc2F)CC1. The first-order chi connectivity index (χ1) is 15.3. The van der Waals surface area contributed by atoms with Crippen LogP contribution in [0.4, 0.5) is 20.2 Å². The molecule has 2 fully saturated rings. The monoisotopic (exact) mass is 461 g/mol. The van der Waals surface area contributed by atoms with Gasteiger partial charge in [0.25, 0.3) is 5.91 Å². The summed E-state index contributed by atoms with van der Waals surface area (Å²) in [5, 5.41) is 3.23. The number of hydrogen-bond acceptors (Lipinski definition) is 3. The molecule has 2 aliphatic rings. The average Bonchev–Trinajstić information content (AvgIpc) is 3.19. The Morgan fingerprint density at radius 3 is 2.41 bits per heavy atom. The van der Waals surface area contributed by atoms with Crippen molar-refractivity contribution >= 4 is 40.7 Å². The summed E-state index contributed by atoms with van der Waals surface area (Å²) in [6, 6.07) is 7.92. The molecule has 2 aliphatic heterocycles. The molecular weight excluding hydrogens is 440 g/mol. The molecule has 168 valence electrons. The molecule has 2 aromatic rings. The van der Waals surface area contributed by atoms with Gasteiger partial charge < -0.3 is 15.1 Å². The second-order valence-corrected chi connectivity index (χ2v) is 8.40. The van der Waals surface area contributed by atoms with E-state index >= 15 is 0 Å². The van der Waals surface area contributed by atoms with E-state index in [1.165, 1.54) is 4.90 Å². The highest BCUT2D eigenvalue weighted by Gasteiger charge is 2.29. The molecule has 0 aliphatic carbocycles. The number of piperidine rings is 1. The zero-order chi connectivity index (χ0) is 22.8. The Morgan fingerprint density at radius 1 is 1.03 bits per heavy atom. The fourth-order valence-electron chi connectivity index (χ4n) is 4.13. The zero-order valence-corrected chi connectivity index (χ0v) is 18.0. The number of amides is 3. The van der Waals surface area contributed by atoms with Gasteiger partial charge in [0.1, 0.15) is 11.6 Å². The summed E-state index contributed by atoms with van der Waals surface area (Å²) in [5.41, 5.74) is 0.981. The summed E-state index contributed by atoms with van der Waals surface area (Å²) in [6.07, 6.45) is 2.15. The van der Waals surface area contributed by atoms with Crippen molar-refractivity contribution in [2.75, 3.05) is 29.9 Å². The van der Waals surface area contributed by atoms with Gasteiger partial charge in [-0.1, -0.05) is 11.6 Å². The van der Waals surface area contributed by atoms with Crippen LogP contribution >= 0.6 is 11.6 Å². The number of nitrogens with one attached hydrogen (secondary N) is 1. The van der Waals surface area contributed by atoms with Crippen LogP contribution < -0.4 is 10.2 Å². The van der Waals surface area contributed by atoms with Crippen LogP contribution in [0.3, 0.4) is 0 Å². The van der Waals surface area contributed by atoms with Crippen LogP contribution in [0.5, 0.6) is 0 Å². The molecule has 0 radical (unpaired) electrons. The minimum atomic E-state index is -0.897. The first-order valence-electron chi connectivity index (χ1n) is 10.5. The average molecular weight is 462 g/mol. The second kappa shape index (κ2) is 9.24. The predicted molar refractivity (Wildman–Crippen MR) is 117 cm³/mol. The molecule has 0 spiro atoms. The van der Waals surface area contributed by atoms with Crippen molar-refractivity contribution in [3.8, 4) is 0 Å². The van der Waals surface area contributed by atoms with Crippen LogP contribution in [0.25, 0.3) is 0 Å². The Hall–Kier alpha value is -3.00. The lowest BCUT2D eigenvalue weighted by molar-refractivity contribution is -0.121. The van der Waals surface area contributed by atoms with Crippen molar-refractivity contribution in [2.45, 2.75) is 25.7 Å². The van der Waals surface area contributed by atoms with Gasteiger partial charge in [-0.15, -0.1) is 0 Å². The van der Waals surface area contributed by atoms with Crippen molar-refractivity contribution in [3.63, 3.8) is 0 Å². The van der Waals surface area contributed by atoms with Crippen molar-refractivity contribution in [1.29, 1.82) is 0 Å². The molecule has 0 aromatic heterocycles. The molecule has 4 rings (SSSR count). The Bertz CT molecular complexity index is 1070. The number of anilines is 2. The molecule has 9 heteroatoms. The van der Waals surface area contributed by atoms with Crippen LogP contribution in [-0.4, -0.2) is 42.3 Å². The number of hydrogen-bond donors (Lipinski definition) is 1. The molecular formula is C23H22ClF2N3O3. The molecule has 0 atom stereocenters. The van der Waals surface area contributed by atoms with E-state index in [4.69, 9.17) is 11.6 Å². The molecule has 3 amide bonds. The number of carbonyl (C=O) groups is 3. The zero-order valence-electron chi connectivity index (χ0n) is 17.2. The van der Waals surface area contributed by atoms with Crippen molar-refractivity contribution in [3.05, 3.63) is 58.6 Å². The lowest BCUT2D eigenvalue weighted by Crippen LogP contribution is -2.41. The van der Waals surface area contributed by atoms with E-state index in [9.17, 15) is 23.2 Å². The molecule has 2 aromatic carbocycles. The molecule has 0 bridgehead atoms. The van der Waals surface area contributed by atoms with Gasteiger partial charge in [-0.3, -0.25) is 14.4 Å². The molecule has 0 saturated carbocycles. The second-order valence-electron chi connectivity index (χ2n) is 8.00. The first kappa shape index (κ1) is 22.2. The maximum atomic E-state index is 13.9. The lowest BCUT2D eigenvalue weighted by Gasteiger charge is -2.31. The molecule has 0 unspecified atom stereocenters. The number of rotatable bonds is 4. The highest BCUT2D eigenvalue weighted by molar-refractivity contribution is 6.34. The Balaban J connectivity index is 1.34. The van der Waals surface area contributed by atoms with E-state index in [1.54, 1.807) is 23.1 Å². The van der Waals surface area contributed by atoms with E-state index in [1.807, 2.05) is 0 Å². The highest BCUT2D eigenvalue weighted by atomic mass is 35.5. The van der Waals surface area contributed by atoms with Crippen LogP contribution in [-0.2, 0) is 9.59 Å². The van der Waals surface area contributed by atoms with Crippen LogP contribution in [0.2, 0.25) is 5.02 Å². The smallest absolute Gasteiger partial charge is 0.256 e. The quantitative estimate of drug-likeness (QED) is 0.740. The van der Waals surface area contributed by atoms with Gasteiger partial charge in [0.05, 0.1) is 16.3 Å². The van der Waals surface area contributed by atoms with Gasteiger partial charge in [0, 0.05) is 43.7 Å². The maximum absolute atomic E-state index is 13.9. The predicted octanol–water partition coefficient (Wildman–Crippen LogP) is 4.24. The number of benzene rings is 2. The lowest BCUT2D eigenvalue weighted by atomic mass is 9.95. The minimum Gasteiger partial charge on any atom is -0.339 e. The number of nitrogens with zero attached hydrogens (tertiary/aromatic N) is 2. The highest BCUT2D eigenvalue weighted by Crippen LogP contribution is 2.32. The van der Waals surface area contributed by atoms with Crippen molar-refractivity contribution in [2.24, 2.45) is 5.92 Å². The Labute approximate surface area is 189 Å². The molecule has 32 heavy (non-hydrogen) atoms. The minimum absolute atomic E-state index is 0.0329. The topological polar surface area (TPSA) is 69.7 Å². The summed E-state index contributed by atoms with van der Waals surface area (Å²) in [5.74, 6) is -2.62. The van der Waals surface area contributed by atoms with E-state index in [-0.39, 0.29) is 23.3 Å². The van der Waals surface area contributed by atoms with Gasteiger partial charge >= 0.3 is 0 Å². The molecule has 6 nitrogen and oxygen atoms in total. The number of halogens is 3. The largest absolute Gasteiger partial charge is 0.339 e. The van der Waals surface area contributed by atoms with Gasteiger partial charge in [-0.2, -0.15) is 0 Å². The summed E-state index contributed by atoms with van der Waals surface area (Å²) in [7, 11) is 0. The normalized spacial score (nSPS) is 17.0. The number of carbonyl (C=O) groups excluding carboxylic acids is 3. The maximum Gasteiger partial charge on any atom is 0.256 e. The van der Waals surface area contributed by atoms with Gasteiger partial charge in [0.2, 0.25) is 11.8 Å². The first-order valence-corrected chi connectivity index (χ1v) is 10.9. The van der Waals surface area contributed by atoms with Crippen molar-refractivity contribution in [1.82, 2.24) is 4.90 Å². The van der Waals surface area contributed by atoms with Crippen molar-refractivity contribution < 1.29 is 23.2 Å². The molecule has 2 saturated heterocycles. The van der Waals surface area contributed by atoms with Gasteiger partial charge in [0.15, 0.2) is 0 Å². The molecule has 2 heterocycles. The van der Waals surface area contributed by atoms with Crippen LogP contribution in [0, 0.1) is 17.6 Å². The summed E-state index contributed by atoms with van der Waals surface area (Å²) in [6.45, 7) is 1.22. The fourth-order valence-corrected chi connectivity index (χ4v) is 4.41. The standard InChI is InChI=1S/C23H22ClF2N3O3/c24-18-13-16(4-6-20(18)29-9-1-2-21(29)30)27-22(31)14-7-10-28(11-8-14)23(32)17-5-3-15(25)12-19(17)26/h3-6,12-14H,1-2,7-11H2,(H,27,31). The van der Waals surface area contributed by atoms with Crippen LogP contribution in [0.15, 0.2) is 36.4 Å². The third-order valence-corrected chi connectivity index (χ3v) is 6.20. The summed E-state index contributed by atoms with van der Waals surface area (Å²) >= 11 is 6.34. The van der Waals surface area contributed by atoms with Gasteiger partial charge in [-0.25, -0.2) is 8.78 Å². The Kier molecular flexibility index (Phi) is 6.41. The van der Waals surface area contributed by atoms with E-state index < -0.39 is 17.5 Å². The molecule has 1 N–H and O–H groups in total. The van der Waals surface area contributed by atoms with E-state index in [0.717, 1.165) is 18.6 Å². The summed E-state index contributed by atoms with van der Waals surface area (Å²) < 4.78 is 27.0. The van der Waals surface area contributed by atoms with E-state index in [0.29, 0.717) is 61.4 Å². The Morgan fingerprint density at radius 2 is 1.78 bits per heavy atom.